The number of carbonyl (C=O) groups excluding carboxylic acids is 1. The predicted octanol–water partition coefficient (Wildman–Crippen LogP) is 0.116. The van der Waals surface area contributed by atoms with Gasteiger partial charge in [-0.3, -0.25) is 4.79 Å². The van der Waals surface area contributed by atoms with Crippen LogP contribution < -0.4 is 5.73 Å². The average Bonchev–Trinajstić information content (AvgIpc) is 1.87. The van der Waals surface area contributed by atoms with Gasteiger partial charge in [0.05, 0.1) is 0 Å². The van der Waals surface area contributed by atoms with Gasteiger partial charge in [0.25, 0.3) is 0 Å². The lowest BCUT2D eigenvalue weighted by Gasteiger charge is -2.35. The van der Waals surface area contributed by atoms with Crippen molar-refractivity contribution in [2.75, 3.05) is 0 Å². The zero-order valence-electron chi connectivity index (χ0n) is 4.93. The third-order valence-electron chi connectivity index (χ3n) is 1.62. The highest BCUT2D eigenvalue weighted by atomic mass is 19.2. The van der Waals surface area contributed by atoms with Gasteiger partial charge in [-0.25, -0.2) is 13.2 Å². The fourth-order valence-corrected chi connectivity index (χ4v) is 0.916. The van der Waals surface area contributed by atoms with E-state index in [0.717, 1.165) is 0 Å². The zero-order chi connectivity index (χ0) is 7.89. The van der Waals surface area contributed by atoms with Crippen LogP contribution in [-0.4, -0.2) is 24.4 Å². The van der Waals surface area contributed by atoms with Gasteiger partial charge < -0.3 is 5.73 Å². The Balaban J connectivity index is 2.57. The molecule has 0 heterocycles. The summed E-state index contributed by atoms with van der Waals surface area (Å²) in [5.41, 5.74) is 4.56. The van der Waals surface area contributed by atoms with E-state index in [0.29, 0.717) is 0 Å². The largest absolute Gasteiger partial charge is 0.369 e. The number of nitrogens with two attached hydrogens (primary N) is 1. The maximum atomic E-state index is 12.2. The molecular formula is C5H6F3NO. The highest BCUT2D eigenvalue weighted by molar-refractivity contribution is 5.79. The van der Waals surface area contributed by atoms with Crippen molar-refractivity contribution in [3.05, 3.63) is 0 Å². The van der Waals surface area contributed by atoms with Crippen LogP contribution >= 0.6 is 0 Å². The van der Waals surface area contributed by atoms with E-state index in [-0.39, 0.29) is 0 Å². The lowest BCUT2D eigenvalue weighted by Crippen LogP contribution is -2.58. The van der Waals surface area contributed by atoms with Crippen LogP contribution in [0.2, 0.25) is 0 Å². The summed E-state index contributed by atoms with van der Waals surface area (Å²) in [6.45, 7) is 0. The number of hydrogen-bond acceptors (Lipinski definition) is 1. The molecule has 2 N–H and O–H groups in total. The number of carbonyl (C=O) groups is 1. The van der Waals surface area contributed by atoms with Crippen LogP contribution in [0.4, 0.5) is 13.2 Å². The standard InChI is InChI=1S/C5H6F3NO/c6-2-1(5(9)10)3(7)4(2)8/h1-4H,(H2,9,10). The van der Waals surface area contributed by atoms with Crippen LogP contribution in [-0.2, 0) is 4.79 Å². The van der Waals surface area contributed by atoms with Gasteiger partial charge >= 0.3 is 0 Å². The average molecular weight is 153 g/mol. The SMILES string of the molecule is NC(=O)C1C(F)C(F)C1F. The Morgan fingerprint density at radius 3 is 1.70 bits per heavy atom. The molecule has 2 nitrogen and oxygen atoms in total. The van der Waals surface area contributed by atoms with E-state index < -0.39 is 30.3 Å². The van der Waals surface area contributed by atoms with Gasteiger partial charge in [-0.05, 0) is 0 Å². The minimum Gasteiger partial charge on any atom is -0.369 e. The number of hydrogen-bond donors (Lipinski definition) is 1. The maximum absolute atomic E-state index is 12.2. The minimum atomic E-state index is -2.17. The maximum Gasteiger partial charge on any atom is 0.226 e. The van der Waals surface area contributed by atoms with E-state index in [2.05, 4.69) is 5.73 Å². The number of primary amides is 1. The van der Waals surface area contributed by atoms with Crippen LogP contribution in [0.3, 0.4) is 0 Å². The molecule has 0 saturated heterocycles. The molecular weight excluding hydrogens is 147 g/mol. The first-order valence-electron chi connectivity index (χ1n) is 2.77. The van der Waals surface area contributed by atoms with Gasteiger partial charge in [0.15, 0.2) is 6.17 Å². The Hall–Kier alpha value is -0.740. The van der Waals surface area contributed by atoms with Gasteiger partial charge in [-0.2, -0.15) is 0 Å². The van der Waals surface area contributed by atoms with Gasteiger partial charge in [-0.1, -0.05) is 0 Å². The third kappa shape index (κ3) is 0.767. The summed E-state index contributed by atoms with van der Waals surface area (Å²) < 4.78 is 36.3. The first-order chi connectivity index (χ1) is 4.55. The zero-order valence-corrected chi connectivity index (χ0v) is 4.93. The molecule has 1 fully saturated rings. The Morgan fingerprint density at radius 2 is 1.50 bits per heavy atom. The van der Waals surface area contributed by atoms with Crippen molar-refractivity contribution in [1.29, 1.82) is 0 Å². The fraction of sp³-hybridized carbons (Fsp3) is 0.800. The summed E-state index contributed by atoms with van der Waals surface area (Å²) in [5.74, 6) is -2.69. The van der Waals surface area contributed by atoms with E-state index in [1.165, 1.54) is 0 Å². The highest BCUT2D eigenvalue weighted by Gasteiger charge is 2.55. The van der Waals surface area contributed by atoms with Crippen molar-refractivity contribution in [3.8, 4) is 0 Å². The Kier molecular flexibility index (Phi) is 1.58. The Labute approximate surface area is 55.2 Å². The lowest BCUT2D eigenvalue weighted by molar-refractivity contribution is -0.144. The Bertz CT molecular complexity index is 153. The van der Waals surface area contributed by atoms with Gasteiger partial charge in [0, 0.05) is 0 Å². The summed E-state index contributed by atoms with van der Waals surface area (Å²) >= 11 is 0. The second-order valence-electron chi connectivity index (χ2n) is 2.26. The molecule has 1 rings (SSSR count). The molecule has 5 heteroatoms. The molecule has 58 valence electrons. The number of alkyl halides is 3. The van der Waals surface area contributed by atoms with Crippen molar-refractivity contribution in [1.82, 2.24) is 0 Å². The molecule has 10 heavy (non-hydrogen) atoms. The second-order valence-corrected chi connectivity index (χ2v) is 2.26. The molecule has 0 aliphatic heterocycles. The number of halogens is 3. The van der Waals surface area contributed by atoms with E-state index >= 15 is 0 Å². The fourth-order valence-electron chi connectivity index (χ4n) is 0.916. The molecule has 1 saturated carbocycles. The van der Waals surface area contributed by atoms with Crippen molar-refractivity contribution in [2.45, 2.75) is 18.5 Å². The third-order valence-corrected chi connectivity index (χ3v) is 1.62. The topological polar surface area (TPSA) is 43.1 Å². The quantitative estimate of drug-likeness (QED) is 0.571. The van der Waals surface area contributed by atoms with Gasteiger partial charge in [0.1, 0.15) is 18.3 Å². The van der Waals surface area contributed by atoms with Crippen LogP contribution in [0.15, 0.2) is 0 Å². The molecule has 2 atom stereocenters. The van der Waals surface area contributed by atoms with E-state index in [1.807, 2.05) is 0 Å². The van der Waals surface area contributed by atoms with E-state index in [1.54, 1.807) is 0 Å². The molecule has 1 aliphatic rings. The van der Waals surface area contributed by atoms with Crippen LogP contribution in [0.1, 0.15) is 0 Å². The summed E-state index contributed by atoms with van der Waals surface area (Å²) in [7, 11) is 0. The summed E-state index contributed by atoms with van der Waals surface area (Å²) in [5, 5.41) is 0. The molecule has 0 radical (unpaired) electrons. The first kappa shape index (κ1) is 7.37. The van der Waals surface area contributed by atoms with E-state index in [9.17, 15) is 18.0 Å². The van der Waals surface area contributed by atoms with Crippen LogP contribution in [0, 0.1) is 5.92 Å². The number of rotatable bonds is 1. The van der Waals surface area contributed by atoms with Crippen molar-refractivity contribution in [3.63, 3.8) is 0 Å². The second kappa shape index (κ2) is 2.14. The summed E-state index contributed by atoms with van der Waals surface area (Å²) in [6, 6.07) is 0. The van der Waals surface area contributed by atoms with Gasteiger partial charge in [-0.15, -0.1) is 0 Å². The minimum absolute atomic E-state index is 1.12. The van der Waals surface area contributed by atoms with Crippen molar-refractivity contribution >= 4 is 5.91 Å². The van der Waals surface area contributed by atoms with Crippen LogP contribution in [0.5, 0.6) is 0 Å². The first-order valence-corrected chi connectivity index (χ1v) is 2.77. The predicted molar refractivity (Wildman–Crippen MR) is 27.4 cm³/mol. The number of amides is 1. The molecule has 2 unspecified atom stereocenters. The lowest BCUT2D eigenvalue weighted by atomic mass is 9.79. The molecule has 1 aliphatic carbocycles. The normalized spacial score (nSPS) is 46.3. The molecule has 0 aromatic rings. The smallest absolute Gasteiger partial charge is 0.226 e. The van der Waals surface area contributed by atoms with Crippen LogP contribution in [0.25, 0.3) is 0 Å². The molecule has 0 bridgehead atoms. The monoisotopic (exact) mass is 153 g/mol. The molecule has 1 amide bonds. The van der Waals surface area contributed by atoms with Crippen molar-refractivity contribution in [2.24, 2.45) is 11.7 Å². The van der Waals surface area contributed by atoms with Gasteiger partial charge in [0.2, 0.25) is 5.91 Å². The molecule has 0 aromatic heterocycles. The molecule has 0 spiro atoms. The molecule has 0 aromatic carbocycles. The Morgan fingerprint density at radius 1 is 1.10 bits per heavy atom. The summed E-state index contributed by atoms with van der Waals surface area (Å²) in [6.07, 6.45) is -6.27. The summed E-state index contributed by atoms with van der Waals surface area (Å²) in [4.78, 5) is 10.1. The van der Waals surface area contributed by atoms with Crippen molar-refractivity contribution < 1.29 is 18.0 Å². The highest BCUT2D eigenvalue weighted by Crippen LogP contribution is 2.36. The van der Waals surface area contributed by atoms with E-state index in [4.69, 9.17) is 0 Å².